The molecule has 1 heterocycles. The van der Waals surface area contributed by atoms with Crippen LogP contribution in [-0.2, 0) is 6.42 Å². The van der Waals surface area contributed by atoms with Gasteiger partial charge in [-0.05, 0) is 61.7 Å². The Bertz CT molecular complexity index is 734. The highest BCUT2D eigenvalue weighted by atomic mass is 16.5. The van der Waals surface area contributed by atoms with Gasteiger partial charge in [0.1, 0.15) is 11.9 Å². The Morgan fingerprint density at radius 1 is 1.19 bits per heavy atom. The van der Waals surface area contributed by atoms with Crippen molar-refractivity contribution in [2.24, 2.45) is 0 Å². The van der Waals surface area contributed by atoms with Crippen molar-refractivity contribution in [2.45, 2.75) is 33.3 Å². The van der Waals surface area contributed by atoms with Gasteiger partial charge < -0.3 is 10.5 Å². The minimum Gasteiger partial charge on any atom is -0.490 e. The number of rotatable bonds is 2. The topological polar surface area (TPSA) is 52.3 Å². The van der Waals surface area contributed by atoms with E-state index in [1.807, 2.05) is 45.0 Å². The quantitative estimate of drug-likeness (QED) is 0.677. The summed E-state index contributed by atoms with van der Waals surface area (Å²) in [6.45, 7) is 5.93. The monoisotopic (exact) mass is 281 g/mol. The lowest BCUT2D eigenvalue weighted by molar-refractivity contribution is 0.103. The van der Waals surface area contributed by atoms with Gasteiger partial charge >= 0.3 is 0 Å². The van der Waals surface area contributed by atoms with Gasteiger partial charge in [-0.15, -0.1) is 0 Å². The molecule has 0 fully saturated rings. The van der Waals surface area contributed by atoms with Crippen LogP contribution in [0.1, 0.15) is 39.5 Å². The van der Waals surface area contributed by atoms with Crippen molar-refractivity contribution < 1.29 is 9.53 Å². The van der Waals surface area contributed by atoms with Crippen molar-refractivity contribution in [1.29, 1.82) is 0 Å². The largest absolute Gasteiger partial charge is 0.490 e. The number of aryl methyl sites for hydroxylation is 2. The standard InChI is InChI=1S/C18H19NO2/c1-10-6-11(2)16(19)9-15(10)18(20)13-4-5-17-14(8-13)7-12(3)21-17/h4-6,8-9,12H,7,19H2,1-3H3. The first-order chi connectivity index (χ1) is 9.95. The molecule has 0 aliphatic carbocycles. The molecule has 0 spiro atoms. The van der Waals surface area contributed by atoms with Crippen LogP contribution in [0.4, 0.5) is 5.69 Å². The molecule has 2 N–H and O–H groups in total. The first kappa shape index (κ1) is 13.7. The summed E-state index contributed by atoms with van der Waals surface area (Å²) in [5, 5.41) is 0. The highest BCUT2D eigenvalue weighted by molar-refractivity contribution is 6.10. The Morgan fingerprint density at radius 3 is 2.71 bits per heavy atom. The molecule has 21 heavy (non-hydrogen) atoms. The van der Waals surface area contributed by atoms with E-state index in [-0.39, 0.29) is 11.9 Å². The molecular weight excluding hydrogens is 262 g/mol. The molecule has 0 amide bonds. The maximum absolute atomic E-state index is 12.7. The molecule has 0 saturated carbocycles. The number of hydrogen-bond donors (Lipinski definition) is 1. The number of carbonyl (C=O) groups is 1. The number of ketones is 1. The molecular formula is C18H19NO2. The van der Waals surface area contributed by atoms with Crippen molar-refractivity contribution in [3.63, 3.8) is 0 Å². The lowest BCUT2D eigenvalue weighted by atomic mass is 9.95. The minimum atomic E-state index is 0.0153. The van der Waals surface area contributed by atoms with E-state index < -0.39 is 0 Å². The number of anilines is 1. The van der Waals surface area contributed by atoms with Gasteiger partial charge in [-0.25, -0.2) is 0 Å². The van der Waals surface area contributed by atoms with Gasteiger partial charge in [0.05, 0.1) is 0 Å². The Hall–Kier alpha value is -2.29. The summed E-state index contributed by atoms with van der Waals surface area (Å²) < 4.78 is 5.67. The molecule has 3 rings (SSSR count). The summed E-state index contributed by atoms with van der Waals surface area (Å²) in [6.07, 6.45) is 1.04. The Morgan fingerprint density at radius 2 is 1.95 bits per heavy atom. The predicted octanol–water partition coefficient (Wildman–Crippen LogP) is 3.44. The van der Waals surface area contributed by atoms with Gasteiger partial charge in [0.25, 0.3) is 0 Å². The van der Waals surface area contributed by atoms with Crippen LogP contribution in [0.2, 0.25) is 0 Å². The van der Waals surface area contributed by atoms with E-state index in [9.17, 15) is 4.79 Å². The fourth-order valence-electron chi connectivity index (χ4n) is 2.83. The molecule has 0 saturated heterocycles. The number of nitrogen functional groups attached to an aromatic ring is 1. The molecule has 2 aromatic carbocycles. The van der Waals surface area contributed by atoms with Crippen LogP contribution in [-0.4, -0.2) is 11.9 Å². The third kappa shape index (κ3) is 2.40. The van der Waals surface area contributed by atoms with Crippen LogP contribution >= 0.6 is 0 Å². The molecule has 1 aliphatic heterocycles. The molecule has 1 aliphatic rings. The van der Waals surface area contributed by atoms with Crippen LogP contribution in [0.5, 0.6) is 5.75 Å². The second-order valence-electron chi connectivity index (χ2n) is 5.81. The third-order valence-electron chi connectivity index (χ3n) is 4.02. The molecule has 3 heteroatoms. The maximum atomic E-state index is 12.7. The molecule has 3 nitrogen and oxygen atoms in total. The van der Waals surface area contributed by atoms with E-state index in [2.05, 4.69) is 0 Å². The predicted molar refractivity (Wildman–Crippen MR) is 84.0 cm³/mol. The highest BCUT2D eigenvalue weighted by Gasteiger charge is 2.21. The van der Waals surface area contributed by atoms with E-state index in [1.165, 1.54) is 0 Å². The van der Waals surface area contributed by atoms with E-state index in [4.69, 9.17) is 10.5 Å². The number of carbonyl (C=O) groups excluding carboxylic acids is 1. The zero-order valence-electron chi connectivity index (χ0n) is 12.6. The number of nitrogens with two attached hydrogens (primary N) is 1. The van der Waals surface area contributed by atoms with E-state index in [0.717, 1.165) is 28.9 Å². The molecule has 0 aromatic heterocycles. The number of ether oxygens (including phenoxy) is 1. The van der Waals surface area contributed by atoms with Crippen LogP contribution < -0.4 is 10.5 Å². The first-order valence-corrected chi connectivity index (χ1v) is 7.16. The van der Waals surface area contributed by atoms with Crippen molar-refractivity contribution in [3.05, 3.63) is 58.1 Å². The van der Waals surface area contributed by atoms with Gasteiger partial charge in [0, 0.05) is 23.2 Å². The molecule has 108 valence electrons. The Labute approximate surface area is 124 Å². The van der Waals surface area contributed by atoms with Crippen molar-refractivity contribution >= 4 is 11.5 Å². The number of benzene rings is 2. The minimum absolute atomic E-state index is 0.0153. The SMILES string of the molecule is Cc1cc(C)c(C(=O)c2ccc3c(c2)CC(C)O3)cc1N. The fourth-order valence-corrected chi connectivity index (χ4v) is 2.83. The van der Waals surface area contributed by atoms with Crippen molar-refractivity contribution in [3.8, 4) is 5.75 Å². The smallest absolute Gasteiger partial charge is 0.193 e. The van der Waals surface area contributed by atoms with Crippen LogP contribution in [0.25, 0.3) is 0 Å². The lowest BCUT2D eigenvalue weighted by Gasteiger charge is -2.09. The highest BCUT2D eigenvalue weighted by Crippen LogP contribution is 2.30. The molecule has 0 radical (unpaired) electrons. The van der Waals surface area contributed by atoms with Gasteiger partial charge in [-0.3, -0.25) is 4.79 Å². The van der Waals surface area contributed by atoms with Gasteiger partial charge in [-0.1, -0.05) is 6.07 Å². The number of hydrogen-bond acceptors (Lipinski definition) is 3. The summed E-state index contributed by atoms with van der Waals surface area (Å²) >= 11 is 0. The van der Waals surface area contributed by atoms with E-state index >= 15 is 0 Å². The first-order valence-electron chi connectivity index (χ1n) is 7.16. The van der Waals surface area contributed by atoms with Gasteiger partial charge in [0.2, 0.25) is 0 Å². The van der Waals surface area contributed by atoms with Crippen LogP contribution in [0.15, 0.2) is 30.3 Å². The van der Waals surface area contributed by atoms with E-state index in [0.29, 0.717) is 16.8 Å². The summed E-state index contributed by atoms with van der Waals surface area (Å²) in [5.74, 6) is 0.903. The summed E-state index contributed by atoms with van der Waals surface area (Å²) in [4.78, 5) is 12.7. The summed E-state index contributed by atoms with van der Waals surface area (Å²) in [7, 11) is 0. The van der Waals surface area contributed by atoms with Crippen LogP contribution in [0, 0.1) is 13.8 Å². The fraction of sp³-hybridized carbons (Fsp3) is 0.278. The second-order valence-corrected chi connectivity index (χ2v) is 5.81. The van der Waals surface area contributed by atoms with Gasteiger partial charge in [0.15, 0.2) is 5.78 Å². The zero-order chi connectivity index (χ0) is 15.1. The van der Waals surface area contributed by atoms with E-state index in [1.54, 1.807) is 6.07 Å². The second kappa shape index (κ2) is 4.92. The molecule has 1 atom stereocenters. The average Bonchev–Trinajstić information content (AvgIpc) is 2.81. The Kier molecular flexibility index (Phi) is 3.20. The zero-order valence-corrected chi connectivity index (χ0v) is 12.6. The van der Waals surface area contributed by atoms with Gasteiger partial charge in [-0.2, -0.15) is 0 Å². The molecule has 1 unspecified atom stereocenters. The number of fused-ring (bicyclic) bond motifs is 1. The third-order valence-corrected chi connectivity index (χ3v) is 4.02. The molecule has 0 bridgehead atoms. The van der Waals surface area contributed by atoms with Crippen molar-refractivity contribution in [2.75, 3.05) is 5.73 Å². The normalized spacial score (nSPS) is 16.4. The van der Waals surface area contributed by atoms with Crippen molar-refractivity contribution in [1.82, 2.24) is 0 Å². The van der Waals surface area contributed by atoms with Crippen LogP contribution in [0.3, 0.4) is 0 Å². The average molecular weight is 281 g/mol. The Balaban J connectivity index is 2.00. The molecule has 2 aromatic rings. The maximum Gasteiger partial charge on any atom is 0.193 e. The summed E-state index contributed by atoms with van der Waals surface area (Å²) in [5.41, 5.74) is 11.0. The summed E-state index contributed by atoms with van der Waals surface area (Å²) in [6, 6.07) is 9.39. The lowest BCUT2D eigenvalue weighted by Crippen LogP contribution is -2.06.